The van der Waals surface area contributed by atoms with Crippen molar-refractivity contribution < 1.29 is 13.2 Å². The quantitative estimate of drug-likeness (QED) is 0.383. The lowest BCUT2D eigenvalue weighted by atomic mass is 10.1. The highest BCUT2D eigenvalue weighted by Gasteiger charge is 2.24. The van der Waals surface area contributed by atoms with Crippen molar-refractivity contribution >= 4 is 49.7 Å². The van der Waals surface area contributed by atoms with E-state index in [0.717, 1.165) is 17.4 Å². The van der Waals surface area contributed by atoms with E-state index in [1.807, 2.05) is 42.5 Å². The molecular weight excluding hydrogens is 480 g/mol. The molecule has 0 unspecified atom stereocenters. The van der Waals surface area contributed by atoms with E-state index in [-0.39, 0.29) is 17.8 Å². The van der Waals surface area contributed by atoms with Crippen LogP contribution in [0.4, 0.5) is 10.8 Å². The average molecular weight is 499 g/mol. The van der Waals surface area contributed by atoms with Gasteiger partial charge in [0, 0.05) is 10.6 Å². The number of carbonyl (C=O) groups excluding carboxylic acids is 1. The number of hydrogen-bond donors (Lipinski definition) is 1. The Balaban J connectivity index is 1.61. The Morgan fingerprint density at radius 1 is 0.970 bits per heavy atom. The van der Waals surface area contributed by atoms with Gasteiger partial charge in [-0.15, -0.1) is 10.2 Å². The van der Waals surface area contributed by atoms with E-state index < -0.39 is 15.9 Å². The third-order valence-electron chi connectivity index (χ3n) is 4.72. The fraction of sp³-hybridized carbons (Fsp3) is 0.0870. The third-order valence-corrected chi connectivity index (χ3v) is 6.99. The zero-order valence-electron chi connectivity index (χ0n) is 17.5. The van der Waals surface area contributed by atoms with Crippen LogP contribution in [0.3, 0.4) is 0 Å². The number of benzene rings is 3. The second-order valence-electron chi connectivity index (χ2n) is 7.15. The van der Waals surface area contributed by atoms with Crippen LogP contribution in [0.25, 0.3) is 10.6 Å². The summed E-state index contributed by atoms with van der Waals surface area (Å²) in [6.45, 7) is 0.101. The number of rotatable bonds is 7. The Kier molecular flexibility index (Phi) is 6.73. The number of halogens is 1. The number of nitrogens with zero attached hydrogens (tertiary/aromatic N) is 3. The number of amides is 1. The molecule has 1 N–H and O–H groups in total. The SMILES string of the molecule is CS(=O)(=O)N(Cc1ccccc1)c1ccccc1C(=O)Nc1nnc(-c2ccc(Cl)cc2)s1. The van der Waals surface area contributed by atoms with Crippen molar-refractivity contribution in [2.24, 2.45) is 0 Å². The average Bonchev–Trinajstić information content (AvgIpc) is 3.26. The van der Waals surface area contributed by atoms with Crippen LogP contribution in [-0.2, 0) is 16.6 Å². The van der Waals surface area contributed by atoms with E-state index in [4.69, 9.17) is 11.6 Å². The first-order chi connectivity index (χ1) is 15.8. The van der Waals surface area contributed by atoms with Crippen LogP contribution >= 0.6 is 22.9 Å². The van der Waals surface area contributed by atoms with Crippen LogP contribution in [0, 0.1) is 0 Å². The largest absolute Gasteiger partial charge is 0.296 e. The zero-order chi connectivity index (χ0) is 23.4. The van der Waals surface area contributed by atoms with Crippen molar-refractivity contribution in [1.29, 1.82) is 0 Å². The van der Waals surface area contributed by atoms with Crippen molar-refractivity contribution in [3.8, 4) is 10.6 Å². The molecule has 0 spiro atoms. The van der Waals surface area contributed by atoms with Gasteiger partial charge in [0.25, 0.3) is 5.91 Å². The predicted octanol–water partition coefficient (Wildman–Crippen LogP) is 5.08. The van der Waals surface area contributed by atoms with Gasteiger partial charge >= 0.3 is 0 Å². The lowest BCUT2D eigenvalue weighted by molar-refractivity contribution is 0.102. The molecule has 3 aromatic carbocycles. The molecule has 10 heteroatoms. The normalized spacial score (nSPS) is 11.2. The van der Waals surface area contributed by atoms with Crippen LogP contribution in [0.1, 0.15) is 15.9 Å². The van der Waals surface area contributed by atoms with Crippen LogP contribution in [0.5, 0.6) is 0 Å². The van der Waals surface area contributed by atoms with E-state index in [9.17, 15) is 13.2 Å². The Morgan fingerprint density at radius 2 is 1.64 bits per heavy atom. The summed E-state index contributed by atoms with van der Waals surface area (Å²) in [5.74, 6) is -0.480. The van der Waals surface area contributed by atoms with Crippen molar-refractivity contribution in [3.05, 3.63) is 95.0 Å². The summed E-state index contributed by atoms with van der Waals surface area (Å²) in [5.41, 5.74) is 2.12. The molecule has 33 heavy (non-hydrogen) atoms. The first-order valence-corrected chi connectivity index (χ1v) is 12.9. The maximum Gasteiger partial charge on any atom is 0.259 e. The molecule has 4 rings (SSSR count). The van der Waals surface area contributed by atoms with E-state index in [1.54, 1.807) is 36.4 Å². The minimum Gasteiger partial charge on any atom is -0.296 e. The standard InChI is InChI=1S/C23H19ClN4O3S2/c1-33(30,31)28(15-16-7-3-2-4-8-16)20-10-6-5-9-19(20)21(29)25-23-27-26-22(32-23)17-11-13-18(24)14-12-17/h2-14H,15H2,1H3,(H,25,27,29). The Bertz CT molecular complexity index is 1370. The molecule has 0 radical (unpaired) electrons. The van der Waals surface area contributed by atoms with Crippen molar-refractivity contribution in [1.82, 2.24) is 10.2 Å². The molecular formula is C23H19ClN4O3S2. The molecule has 168 valence electrons. The Hall–Kier alpha value is -3.27. The highest BCUT2D eigenvalue weighted by atomic mass is 35.5. The Labute approximate surface area is 200 Å². The zero-order valence-corrected chi connectivity index (χ0v) is 19.9. The molecule has 0 aliphatic heterocycles. The fourth-order valence-electron chi connectivity index (χ4n) is 3.16. The van der Waals surface area contributed by atoms with Gasteiger partial charge in [0.1, 0.15) is 5.01 Å². The number of aromatic nitrogens is 2. The monoisotopic (exact) mass is 498 g/mol. The summed E-state index contributed by atoms with van der Waals surface area (Å²) in [5, 5.41) is 12.4. The van der Waals surface area contributed by atoms with Crippen molar-refractivity contribution in [2.45, 2.75) is 6.54 Å². The highest BCUT2D eigenvalue weighted by molar-refractivity contribution is 7.92. The summed E-state index contributed by atoms with van der Waals surface area (Å²) in [6.07, 6.45) is 1.12. The van der Waals surface area contributed by atoms with E-state index in [1.165, 1.54) is 15.6 Å². The minimum absolute atomic E-state index is 0.101. The number of anilines is 2. The van der Waals surface area contributed by atoms with Crippen LogP contribution in [0.15, 0.2) is 78.9 Å². The summed E-state index contributed by atoms with van der Waals surface area (Å²) >= 11 is 7.14. The van der Waals surface area contributed by atoms with Crippen LogP contribution in [0.2, 0.25) is 5.02 Å². The predicted molar refractivity (Wildman–Crippen MR) is 132 cm³/mol. The topological polar surface area (TPSA) is 92.3 Å². The smallest absolute Gasteiger partial charge is 0.259 e. The van der Waals surface area contributed by atoms with Crippen LogP contribution < -0.4 is 9.62 Å². The van der Waals surface area contributed by atoms with E-state index >= 15 is 0 Å². The summed E-state index contributed by atoms with van der Waals surface area (Å²) in [4.78, 5) is 13.1. The molecule has 1 amide bonds. The molecule has 0 saturated carbocycles. The molecule has 0 aliphatic carbocycles. The van der Waals surface area contributed by atoms with Gasteiger partial charge in [0.15, 0.2) is 0 Å². The van der Waals surface area contributed by atoms with Gasteiger partial charge < -0.3 is 0 Å². The van der Waals surface area contributed by atoms with Gasteiger partial charge in [0.2, 0.25) is 15.2 Å². The van der Waals surface area contributed by atoms with Crippen molar-refractivity contribution in [2.75, 3.05) is 15.9 Å². The number of carbonyl (C=O) groups is 1. The van der Waals surface area contributed by atoms with Gasteiger partial charge in [0.05, 0.1) is 24.1 Å². The van der Waals surface area contributed by atoms with Gasteiger partial charge in [-0.25, -0.2) is 8.42 Å². The molecule has 0 atom stereocenters. The molecule has 0 bridgehead atoms. The summed E-state index contributed by atoms with van der Waals surface area (Å²) in [6, 6.07) is 22.9. The first kappa shape index (κ1) is 22.9. The maximum atomic E-state index is 13.1. The highest BCUT2D eigenvalue weighted by Crippen LogP contribution is 2.29. The van der Waals surface area contributed by atoms with Crippen LogP contribution in [-0.4, -0.2) is 30.8 Å². The van der Waals surface area contributed by atoms with E-state index in [0.29, 0.717) is 15.2 Å². The second-order valence-corrected chi connectivity index (χ2v) is 10.5. The Morgan fingerprint density at radius 3 is 2.33 bits per heavy atom. The molecule has 4 aromatic rings. The minimum atomic E-state index is -3.66. The molecule has 0 fully saturated rings. The number of sulfonamides is 1. The summed E-state index contributed by atoms with van der Waals surface area (Å²) < 4.78 is 26.5. The lowest BCUT2D eigenvalue weighted by Crippen LogP contribution is -2.31. The first-order valence-electron chi connectivity index (χ1n) is 9.83. The second kappa shape index (κ2) is 9.70. The molecule has 7 nitrogen and oxygen atoms in total. The summed E-state index contributed by atoms with van der Waals surface area (Å²) in [7, 11) is -3.66. The molecule has 1 heterocycles. The lowest BCUT2D eigenvalue weighted by Gasteiger charge is -2.24. The van der Waals surface area contributed by atoms with Gasteiger partial charge in [-0.05, 0) is 29.8 Å². The maximum absolute atomic E-state index is 13.1. The third kappa shape index (κ3) is 5.57. The van der Waals surface area contributed by atoms with Gasteiger partial charge in [-0.1, -0.05) is 77.5 Å². The fourth-order valence-corrected chi connectivity index (χ4v) is 4.93. The number of para-hydroxylation sites is 1. The van der Waals surface area contributed by atoms with E-state index in [2.05, 4.69) is 15.5 Å². The van der Waals surface area contributed by atoms with Gasteiger partial charge in [-0.3, -0.25) is 14.4 Å². The molecule has 0 aliphatic rings. The molecule has 0 saturated heterocycles. The number of nitrogens with one attached hydrogen (secondary N) is 1. The molecule has 1 aromatic heterocycles. The van der Waals surface area contributed by atoms with Crippen molar-refractivity contribution in [3.63, 3.8) is 0 Å². The number of hydrogen-bond acceptors (Lipinski definition) is 6. The van der Waals surface area contributed by atoms with Gasteiger partial charge in [-0.2, -0.15) is 0 Å².